The first kappa shape index (κ1) is 12.8. The van der Waals surface area contributed by atoms with Crippen LogP contribution < -0.4 is 5.32 Å². The predicted molar refractivity (Wildman–Crippen MR) is 67.4 cm³/mol. The molecule has 2 aliphatic rings. The van der Waals surface area contributed by atoms with Gasteiger partial charge in [-0.25, -0.2) is 4.99 Å². The molecule has 16 heavy (non-hydrogen) atoms. The minimum atomic E-state index is -0.264. The van der Waals surface area contributed by atoms with Crippen LogP contribution in [0.2, 0.25) is 0 Å². The van der Waals surface area contributed by atoms with E-state index in [0.29, 0.717) is 12.4 Å². The van der Waals surface area contributed by atoms with Gasteiger partial charge in [0.25, 0.3) is 5.91 Å². The molecule has 5 heteroatoms. The second-order valence-electron chi connectivity index (χ2n) is 3.40. The van der Waals surface area contributed by atoms with Gasteiger partial charge in [-0.1, -0.05) is 25.2 Å². The molecule has 1 aliphatic heterocycles. The van der Waals surface area contributed by atoms with Crippen LogP contribution in [0.15, 0.2) is 34.3 Å². The van der Waals surface area contributed by atoms with Gasteiger partial charge in [0.15, 0.2) is 0 Å². The van der Waals surface area contributed by atoms with Crippen LogP contribution in [0.1, 0.15) is 6.92 Å². The lowest BCUT2D eigenvalue weighted by Gasteiger charge is -2.17. The third-order valence-electron chi connectivity index (χ3n) is 2.30. The summed E-state index contributed by atoms with van der Waals surface area (Å²) >= 11 is 0. The molecular formula is C11H14ClN3O. The molecule has 0 saturated heterocycles. The molecule has 0 fully saturated rings. The summed E-state index contributed by atoms with van der Waals surface area (Å²) in [5.74, 6) is 0.196. The zero-order valence-electron chi connectivity index (χ0n) is 9.01. The van der Waals surface area contributed by atoms with Gasteiger partial charge >= 0.3 is 0 Å². The Bertz CT molecular complexity index is 396. The Balaban J connectivity index is 0.00000128. The van der Waals surface area contributed by atoms with Crippen molar-refractivity contribution < 1.29 is 4.79 Å². The number of allylic oxidation sites excluding steroid dienone is 3. The summed E-state index contributed by atoms with van der Waals surface area (Å²) in [5, 5.41) is 3.10. The van der Waals surface area contributed by atoms with Crippen molar-refractivity contribution in [2.75, 3.05) is 13.1 Å². The Kier molecular flexibility index (Phi) is 4.58. The van der Waals surface area contributed by atoms with E-state index in [9.17, 15) is 4.79 Å². The minimum Gasteiger partial charge on any atom is -0.310 e. The van der Waals surface area contributed by atoms with Crippen molar-refractivity contribution >= 4 is 29.9 Å². The fraction of sp³-hybridized carbons (Fsp3) is 0.364. The second kappa shape index (κ2) is 5.72. The zero-order chi connectivity index (χ0) is 10.7. The van der Waals surface area contributed by atoms with Crippen molar-refractivity contribution in [1.29, 1.82) is 0 Å². The Morgan fingerprint density at radius 3 is 2.94 bits per heavy atom. The number of hydrogen-bond acceptors (Lipinski definition) is 3. The minimum absolute atomic E-state index is 0. The van der Waals surface area contributed by atoms with Crippen LogP contribution in [0.3, 0.4) is 0 Å². The Labute approximate surface area is 101 Å². The van der Waals surface area contributed by atoms with Crippen molar-refractivity contribution in [3.8, 4) is 0 Å². The smallest absolute Gasteiger partial charge is 0.260 e. The maximum atomic E-state index is 11.6. The van der Waals surface area contributed by atoms with Gasteiger partial charge in [0.05, 0.1) is 12.3 Å². The molecule has 1 aliphatic carbocycles. The van der Waals surface area contributed by atoms with E-state index in [1.54, 1.807) is 0 Å². The van der Waals surface area contributed by atoms with E-state index in [-0.39, 0.29) is 24.2 Å². The molecule has 1 N–H and O–H groups in total. The third kappa shape index (κ3) is 2.65. The number of likely N-dealkylation sites (N-methyl/N-ethyl adjacent to an activating group) is 1. The number of amides is 1. The van der Waals surface area contributed by atoms with Crippen LogP contribution in [-0.4, -0.2) is 30.5 Å². The maximum absolute atomic E-state index is 11.6. The van der Waals surface area contributed by atoms with Crippen molar-refractivity contribution in [3.63, 3.8) is 0 Å². The highest BCUT2D eigenvalue weighted by Crippen LogP contribution is 2.15. The number of rotatable bonds is 3. The van der Waals surface area contributed by atoms with E-state index in [1.165, 1.54) is 0 Å². The van der Waals surface area contributed by atoms with Gasteiger partial charge in [0, 0.05) is 0 Å². The quantitative estimate of drug-likeness (QED) is 0.803. The van der Waals surface area contributed by atoms with Gasteiger partial charge in [-0.2, -0.15) is 4.99 Å². The molecule has 1 unspecified atom stereocenters. The van der Waals surface area contributed by atoms with Crippen LogP contribution in [-0.2, 0) is 4.79 Å². The SMILES string of the molecule is CCNCC1=NC(=O)C2C=CC=CC2=N1.Cl. The fourth-order valence-electron chi connectivity index (χ4n) is 1.53. The van der Waals surface area contributed by atoms with Gasteiger partial charge in [0.2, 0.25) is 0 Å². The molecule has 0 bridgehead atoms. The Morgan fingerprint density at radius 1 is 1.38 bits per heavy atom. The van der Waals surface area contributed by atoms with Crippen LogP contribution in [0, 0.1) is 5.92 Å². The molecule has 1 heterocycles. The molecule has 0 radical (unpaired) electrons. The number of amidine groups is 1. The molecule has 0 aromatic rings. The molecule has 4 nitrogen and oxygen atoms in total. The van der Waals surface area contributed by atoms with Gasteiger partial charge in [-0.05, 0) is 12.6 Å². The molecule has 2 rings (SSSR count). The van der Waals surface area contributed by atoms with E-state index < -0.39 is 0 Å². The summed E-state index contributed by atoms with van der Waals surface area (Å²) in [6.45, 7) is 3.40. The molecule has 0 aromatic heterocycles. The third-order valence-corrected chi connectivity index (χ3v) is 2.30. The van der Waals surface area contributed by atoms with Crippen LogP contribution in [0.5, 0.6) is 0 Å². The number of carbonyl (C=O) groups excluding carboxylic acids is 1. The summed E-state index contributed by atoms with van der Waals surface area (Å²) in [6.07, 6.45) is 7.43. The number of halogens is 1. The van der Waals surface area contributed by atoms with Gasteiger partial charge in [-0.3, -0.25) is 4.79 Å². The first-order chi connectivity index (χ1) is 7.31. The number of nitrogens with zero attached hydrogens (tertiary/aromatic N) is 2. The standard InChI is InChI=1S/C11H13N3O.ClH/c1-2-12-7-10-13-9-6-4-3-5-8(9)11(15)14-10;/h3-6,8,12H,2,7H2,1H3;1H. The van der Waals surface area contributed by atoms with Crippen molar-refractivity contribution in [1.82, 2.24) is 5.32 Å². The van der Waals surface area contributed by atoms with Crippen LogP contribution in [0.25, 0.3) is 0 Å². The second-order valence-corrected chi connectivity index (χ2v) is 3.40. The molecule has 0 saturated carbocycles. The summed E-state index contributed by atoms with van der Waals surface area (Å²) in [6, 6.07) is 0. The molecule has 1 amide bonds. The predicted octanol–water partition coefficient (Wildman–Crippen LogP) is 1.14. The number of carbonyl (C=O) groups is 1. The number of hydrogen-bond donors (Lipinski definition) is 1. The lowest BCUT2D eigenvalue weighted by Crippen LogP contribution is -2.31. The van der Waals surface area contributed by atoms with Crippen LogP contribution >= 0.6 is 12.4 Å². The van der Waals surface area contributed by atoms with Gasteiger partial charge in [-0.15, -0.1) is 12.4 Å². The summed E-state index contributed by atoms with van der Waals surface area (Å²) in [5.41, 5.74) is 0.797. The summed E-state index contributed by atoms with van der Waals surface area (Å²) in [7, 11) is 0. The maximum Gasteiger partial charge on any atom is 0.260 e. The lowest BCUT2D eigenvalue weighted by atomic mass is 9.96. The highest BCUT2D eigenvalue weighted by atomic mass is 35.5. The summed E-state index contributed by atoms with van der Waals surface area (Å²) in [4.78, 5) is 19.9. The van der Waals surface area contributed by atoms with E-state index in [1.807, 2.05) is 31.2 Å². The number of nitrogens with one attached hydrogen (secondary N) is 1. The van der Waals surface area contributed by atoms with Crippen molar-refractivity contribution in [2.45, 2.75) is 6.92 Å². The van der Waals surface area contributed by atoms with E-state index >= 15 is 0 Å². The van der Waals surface area contributed by atoms with Crippen LogP contribution in [0.4, 0.5) is 0 Å². The molecule has 0 spiro atoms. The summed E-state index contributed by atoms with van der Waals surface area (Å²) < 4.78 is 0. The molecule has 86 valence electrons. The van der Waals surface area contributed by atoms with E-state index in [4.69, 9.17) is 0 Å². The molecular weight excluding hydrogens is 226 g/mol. The average Bonchev–Trinajstić information content (AvgIpc) is 2.26. The highest BCUT2D eigenvalue weighted by molar-refractivity contribution is 6.21. The van der Waals surface area contributed by atoms with Gasteiger partial charge in [0.1, 0.15) is 11.8 Å². The normalized spacial score (nSPS) is 22.1. The highest BCUT2D eigenvalue weighted by Gasteiger charge is 2.25. The zero-order valence-corrected chi connectivity index (χ0v) is 9.83. The Morgan fingerprint density at radius 2 is 2.19 bits per heavy atom. The van der Waals surface area contributed by atoms with Crippen molar-refractivity contribution in [3.05, 3.63) is 24.3 Å². The topological polar surface area (TPSA) is 53.8 Å². The van der Waals surface area contributed by atoms with Crippen molar-refractivity contribution in [2.24, 2.45) is 15.9 Å². The Hall–Kier alpha value is -1.26. The number of fused-ring (bicyclic) bond motifs is 1. The lowest BCUT2D eigenvalue weighted by molar-refractivity contribution is -0.118. The number of aliphatic imine (C=N–C) groups is 2. The van der Waals surface area contributed by atoms with E-state index in [0.717, 1.165) is 12.3 Å². The molecule has 0 aromatic carbocycles. The fourth-order valence-corrected chi connectivity index (χ4v) is 1.53. The van der Waals surface area contributed by atoms with Gasteiger partial charge < -0.3 is 5.32 Å². The monoisotopic (exact) mass is 239 g/mol. The first-order valence-corrected chi connectivity index (χ1v) is 5.07. The average molecular weight is 240 g/mol. The largest absolute Gasteiger partial charge is 0.310 e. The first-order valence-electron chi connectivity index (χ1n) is 5.07. The molecule has 1 atom stereocenters. The van der Waals surface area contributed by atoms with E-state index in [2.05, 4.69) is 15.3 Å².